The molecule has 0 saturated carbocycles. The Morgan fingerprint density at radius 1 is 1.06 bits per heavy atom. The minimum Gasteiger partial charge on any atom is -0.465 e. The Morgan fingerprint density at radius 3 is 2.39 bits per heavy atom. The molecule has 12 heteroatoms. The summed E-state index contributed by atoms with van der Waals surface area (Å²) >= 11 is 12.6. The van der Waals surface area contributed by atoms with Crippen molar-refractivity contribution in [3.63, 3.8) is 0 Å². The van der Waals surface area contributed by atoms with E-state index in [0.717, 1.165) is 6.07 Å². The molecule has 3 rings (SSSR count). The van der Waals surface area contributed by atoms with Crippen molar-refractivity contribution in [2.24, 2.45) is 0 Å². The van der Waals surface area contributed by atoms with Gasteiger partial charge in [0.1, 0.15) is 5.69 Å². The molecule has 1 amide bonds. The van der Waals surface area contributed by atoms with Crippen LogP contribution in [0.3, 0.4) is 0 Å². The van der Waals surface area contributed by atoms with Gasteiger partial charge in [0.2, 0.25) is 5.91 Å². The van der Waals surface area contributed by atoms with Gasteiger partial charge in [0.15, 0.2) is 5.16 Å². The zero-order chi connectivity index (χ0) is 24.2. The van der Waals surface area contributed by atoms with E-state index in [1.807, 2.05) is 0 Å². The van der Waals surface area contributed by atoms with Crippen LogP contribution in [0.5, 0.6) is 0 Å². The van der Waals surface area contributed by atoms with Crippen LogP contribution in [0.4, 0.5) is 18.9 Å². The second-order valence-corrected chi connectivity index (χ2v) is 8.23. The number of hydrogen-bond donors (Lipinski definition) is 1. The second-order valence-electron chi connectivity index (χ2n) is 6.45. The highest BCUT2D eigenvalue weighted by molar-refractivity contribution is 7.99. The van der Waals surface area contributed by atoms with Crippen LogP contribution >= 0.6 is 35.0 Å². The van der Waals surface area contributed by atoms with Gasteiger partial charge in [-0.2, -0.15) is 13.2 Å². The molecule has 3 aromatic rings. The van der Waals surface area contributed by atoms with Crippen LogP contribution in [-0.2, 0) is 15.7 Å². The van der Waals surface area contributed by atoms with E-state index >= 15 is 0 Å². The SMILES string of the molecule is COC(=O)c1ccc(Cl)c(NC(=O)CSc2nc(-c3ccc(Cl)cc3)cc(C(F)(F)F)n2)c1. The van der Waals surface area contributed by atoms with Crippen LogP contribution in [0.25, 0.3) is 11.3 Å². The van der Waals surface area contributed by atoms with Crippen molar-refractivity contribution < 1.29 is 27.5 Å². The summed E-state index contributed by atoms with van der Waals surface area (Å²) in [6.07, 6.45) is -4.70. The summed E-state index contributed by atoms with van der Waals surface area (Å²) in [5, 5.41) is 2.86. The summed E-state index contributed by atoms with van der Waals surface area (Å²) in [5.74, 6) is -1.51. The number of ether oxygens (including phenoxy) is 1. The maximum Gasteiger partial charge on any atom is 0.433 e. The van der Waals surface area contributed by atoms with Crippen molar-refractivity contribution in [2.45, 2.75) is 11.3 Å². The second kappa shape index (κ2) is 10.4. The summed E-state index contributed by atoms with van der Waals surface area (Å²) in [4.78, 5) is 31.7. The fraction of sp³-hybridized carbons (Fsp3) is 0.143. The van der Waals surface area contributed by atoms with Gasteiger partial charge in [-0.1, -0.05) is 47.1 Å². The van der Waals surface area contributed by atoms with Crippen molar-refractivity contribution in [1.82, 2.24) is 9.97 Å². The number of anilines is 1. The number of nitrogens with zero attached hydrogens (tertiary/aromatic N) is 2. The van der Waals surface area contributed by atoms with Gasteiger partial charge in [-0.25, -0.2) is 14.8 Å². The van der Waals surface area contributed by atoms with E-state index < -0.39 is 23.7 Å². The van der Waals surface area contributed by atoms with Crippen LogP contribution < -0.4 is 5.32 Å². The predicted molar refractivity (Wildman–Crippen MR) is 120 cm³/mol. The number of halogens is 5. The molecule has 0 aliphatic heterocycles. The van der Waals surface area contributed by atoms with E-state index in [9.17, 15) is 22.8 Å². The van der Waals surface area contributed by atoms with Gasteiger partial charge >= 0.3 is 12.1 Å². The third-order valence-electron chi connectivity index (χ3n) is 4.13. The maximum absolute atomic E-state index is 13.3. The number of aromatic nitrogens is 2. The number of methoxy groups -OCH3 is 1. The third-order valence-corrected chi connectivity index (χ3v) is 5.56. The smallest absolute Gasteiger partial charge is 0.433 e. The molecule has 0 saturated heterocycles. The van der Waals surface area contributed by atoms with Crippen LogP contribution in [0.1, 0.15) is 16.1 Å². The Hall–Kier alpha value is -2.82. The number of amides is 1. The van der Waals surface area contributed by atoms with E-state index in [4.69, 9.17) is 23.2 Å². The summed E-state index contributed by atoms with van der Waals surface area (Å²) in [5.41, 5.74) is -0.384. The van der Waals surface area contributed by atoms with E-state index in [0.29, 0.717) is 22.3 Å². The standard InChI is InChI=1S/C21H14Cl2F3N3O3S/c1-32-19(31)12-4-7-14(23)16(8-12)27-18(30)10-33-20-28-15(9-17(29-20)21(24,25)26)11-2-5-13(22)6-3-11/h2-9H,10H2,1H3,(H,27,30). The molecule has 0 radical (unpaired) electrons. The first kappa shape index (κ1) is 24.8. The molecule has 33 heavy (non-hydrogen) atoms. The number of hydrogen-bond acceptors (Lipinski definition) is 6. The van der Waals surface area contributed by atoms with Gasteiger partial charge in [-0.15, -0.1) is 0 Å². The van der Waals surface area contributed by atoms with Gasteiger partial charge in [-0.3, -0.25) is 4.79 Å². The fourth-order valence-electron chi connectivity index (χ4n) is 2.59. The summed E-state index contributed by atoms with van der Waals surface area (Å²) in [6, 6.07) is 11.1. The molecule has 2 aromatic carbocycles. The topological polar surface area (TPSA) is 81.2 Å². The minimum absolute atomic E-state index is 0.0331. The average Bonchev–Trinajstić information content (AvgIpc) is 2.78. The molecule has 0 aliphatic carbocycles. The van der Waals surface area contributed by atoms with Gasteiger partial charge in [0, 0.05) is 10.6 Å². The van der Waals surface area contributed by atoms with Crippen molar-refractivity contribution in [3.8, 4) is 11.3 Å². The number of rotatable bonds is 6. The molecular weight excluding hydrogens is 502 g/mol. The lowest BCUT2D eigenvalue weighted by Gasteiger charge is -2.11. The van der Waals surface area contributed by atoms with Crippen LogP contribution in [0.2, 0.25) is 10.0 Å². The first-order valence-electron chi connectivity index (χ1n) is 9.09. The van der Waals surface area contributed by atoms with Crippen LogP contribution in [-0.4, -0.2) is 34.7 Å². The highest BCUT2D eigenvalue weighted by Crippen LogP contribution is 2.32. The monoisotopic (exact) mass is 515 g/mol. The number of carbonyl (C=O) groups excluding carboxylic acids is 2. The van der Waals surface area contributed by atoms with Crippen LogP contribution in [0.15, 0.2) is 53.7 Å². The Morgan fingerprint density at radius 2 is 1.76 bits per heavy atom. The Balaban J connectivity index is 1.79. The van der Waals surface area contributed by atoms with Gasteiger partial charge in [0.05, 0.1) is 34.8 Å². The molecule has 6 nitrogen and oxygen atoms in total. The molecule has 0 atom stereocenters. The molecule has 0 aliphatic rings. The first-order valence-corrected chi connectivity index (χ1v) is 10.8. The molecule has 0 spiro atoms. The molecule has 172 valence electrons. The van der Waals surface area contributed by atoms with Crippen molar-refractivity contribution >= 4 is 52.5 Å². The average molecular weight is 516 g/mol. The first-order chi connectivity index (χ1) is 15.6. The lowest BCUT2D eigenvalue weighted by atomic mass is 10.1. The van der Waals surface area contributed by atoms with Crippen molar-refractivity contribution in [3.05, 3.63) is 69.8 Å². The maximum atomic E-state index is 13.3. The zero-order valence-electron chi connectivity index (χ0n) is 16.7. The van der Waals surface area contributed by atoms with Gasteiger partial charge in [-0.05, 0) is 36.4 Å². The largest absolute Gasteiger partial charge is 0.465 e. The minimum atomic E-state index is -4.70. The molecule has 0 unspecified atom stereocenters. The number of benzene rings is 2. The third kappa shape index (κ3) is 6.59. The quantitative estimate of drug-likeness (QED) is 0.247. The molecule has 1 heterocycles. The number of esters is 1. The summed E-state index contributed by atoms with van der Waals surface area (Å²) < 4.78 is 44.6. The fourth-order valence-corrected chi connectivity index (χ4v) is 3.53. The molecule has 1 aromatic heterocycles. The van der Waals surface area contributed by atoms with E-state index in [2.05, 4.69) is 20.0 Å². The number of nitrogens with one attached hydrogen (secondary N) is 1. The number of alkyl halides is 3. The predicted octanol–water partition coefficient (Wildman–Crippen LogP) is 5.99. The van der Waals surface area contributed by atoms with Gasteiger partial charge in [0.25, 0.3) is 0 Å². The Labute approximate surface area is 200 Å². The summed E-state index contributed by atoms with van der Waals surface area (Å²) in [7, 11) is 1.21. The van der Waals surface area contributed by atoms with Crippen molar-refractivity contribution in [1.29, 1.82) is 0 Å². The Kier molecular flexibility index (Phi) is 7.83. The molecular formula is C21H14Cl2F3N3O3S. The molecule has 0 bridgehead atoms. The lowest BCUT2D eigenvalue weighted by Crippen LogP contribution is -2.16. The molecule has 1 N–H and O–H groups in total. The van der Waals surface area contributed by atoms with Crippen LogP contribution in [0, 0.1) is 0 Å². The van der Waals surface area contributed by atoms with Crippen molar-refractivity contribution in [2.75, 3.05) is 18.2 Å². The van der Waals surface area contributed by atoms with E-state index in [1.54, 1.807) is 0 Å². The Bertz CT molecular complexity index is 1190. The normalized spacial score (nSPS) is 11.2. The highest BCUT2D eigenvalue weighted by atomic mass is 35.5. The number of thioether (sulfide) groups is 1. The summed E-state index contributed by atoms with van der Waals surface area (Å²) in [6.45, 7) is 0. The lowest BCUT2D eigenvalue weighted by molar-refractivity contribution is -0.141. The van der Waals surface area contributed by atoms with E-state index in [-0.39, 0.29) is 32.9 Å². The zero-order valence-corrected chi connectivity index (χ0v) is 19.1. The van der Waals surface area contributed by atoms with E-state index in [1.165, 1.54) is 49.6 Å². The van der Waals surface area contributed by atoms with Gasteiger partial charge < -0.3 is 10.1 Å². The number of carbonyl (C=O) groups is 2. The molecule has 0 fully saturated rings. The highest BCUT2D eigenvalue weighted by Gasteiger charge is 2.34.